The molecule has 0 aliphatic carbocycles. The van der Waals surface area contributed by atoms with Crippen LogP contribution in [0, 0.1) is 0 Å². The molecule has 0 aliphatic heterocycles. The first-order valence-corrected chi connectivity index (χ1v) is 9.55. The van der Waals surface area contributed by atoms with Gasteiger partial charge in [-0.05, 0) is 42.8 Å². The first kappa shape index (κ1) is 18.6. The second-order valence-corrected chi connectivity index (χ2v) is 6.91. The van der Waals surface area contributed by atoms with E-state index in [9.17, 15) is 0 Å². The number of nitrogens with zero attached hydrogens (tertiary/aromatic N) is 3. The summed E-state index contributed by atoms with van der Waals surface area (Å²) in [5.74, 6) is 2.98. The van der Waals surface area contributed by atoms with E-state index in [0.29, 0.717) is 11.5 Å². The first-order valence-electron chi connectivity index (χ1n) is 8.19. The van der Waals surface area contributed by atoms with E-state index in [2.05, 4.69) is 21.7 Å². The molecule has 3 aromatic rings. The van der Waals surface area contributed by atoms with Crippen molar-refractivity contribution in [2.45, 2.75) is 24.4 Å². The molecule has 0 N–H and O–H groups in total. The van der Waals surface area contributed by atoms with Gasteiger partial charge in [-0.25, -0.2) is 0 Å². The summed E-state index contributed by atoms with van der Waals surface area (Å²) in [7, 11) is 3.25. The minimum absolute atomic E-state index is 0.672. The fourth-order valence-corrected chi connectivity index (χ4v) is 3.68. The van der Waals surface area contributed by atoms with Crippen LogP contribution in [-0.2, 0) is 12.3 Å². The van der Waals surface area contributed by atoms with Gasteiger partial charge >= 0.3 is 0 Å². The lowest BCUT2D eigenvalue weighted by Crippen LogP contribution is -2.00. The maximum atomic E-state index is 5.94. The number of thioether (sulfide) groups is 1. The topological polar surface area (TPSA) is 49.2 Å². The molecule has 26 heavy (non-hydrogen) atoms. The Kier molecular flexibility index (Phi) is 6.06. The van der Waals surface area contributed by atoms with Gasteiger partial charge in [0.05, 0.1) is 14.2 Å². The van der Waals surface area contributed by atoms with Crippen molar-refractivity contribution in [3.05, 3.63) is 53.1 Å². The molecule has 1 aromatic heterocycles. The Morgan fingerprint density at radius 1 is 1.00 bits per heavy atom. The van der Waals surface area contributed by atoms with Crippen LogP contribution in [0.25, 0.3) is 11.4 Å². The van der Waals surface area contributed by atoms with Crippen molar-refractivity contribution in [1.82, 2.24) is 14.8 Å². The van der Waals surface area contributed by atoms with Crippen LogP contribution >= 0.6 is 23.4 Å². The van der Waals surface area contributed by atoms with Gasteiger partial charge in [0.15, 0.2) is 22.5 Å². The van der Waals surface area contributed by atoms with Crippen molar-refractivity contribution in [1.29, 1.82) is 0 Å². The lowest BCUT2D eigenvalue weighted by Gasteiger charge is -2.11. The molecule has 0 saturated carbocycles. The molecule has 0 amide bonds. The fourth-order valence-electron chi connectivity index (χ4n) is 2.60. The Hall–Kier alpha value is -2.18. The average Bonchev–Trinajstić information content (AvgIpc) is 3.09. The number of aromatic nitrogens is 3. The van der Waals surface area contributed by atoms with E-state index in [1.165, 1.54) is 5.56 Å². The van der Waals surface area contributed by atoms with E-state index in [4.69, 9.17) is 21.1 Å². The van der Waals surface area contributed by atoms with Crippen LogP contribution in [0.1, 0.15) is 12.5 Å². The lowest BCUT2D eigenvalue weighted by atomic mass is 10.2. The number of benzene rings is 2. The van der Waals surface area contributed by atoms with Crippen LogP contribution in [-0.4, -0.2) is 29.0 Å². The predicted octanol–water partition coefficient (Wildman–Crippen LogP) is 4.93. The summed E-state index contributed by atoms with van der Waals surface area (Å²) < 4.78 is 12.8. The monoisotopic (exact) mass is 389 g/mol. The Labute approximate surface area is 162 Å². The number of rotatable bonds is 7. The third-order valence-corrected chi connectivity index (χ3v) is 5.25. The second kappa shape index (κ2) is 8.47. The van der Waals surface area contributed by atoms with Crippen molar-refractivity contribution < 1.29 is 9.47 Å². The fraction of sp³-hybridized carbons (Fsp3) is 0.263. The average molecular weight is 390 g/mol. The summed E-state index contributed by atoms with van der Waals surface area (Å²) >= 11 is 7.60. The highest BCUT2D eigenvalue weighted by Crippen LogP contribution is 2.33. The molecule has 2 aromatic carbocycles. The molecule has 7 heteroatoms. The molecule has 0 atom stereocenters. The van der Waals surface area contributed by atoms with E-state index in [-0.39, 0.29) is 0 Å². The Balaban J connectivity index is 1.85. The molecular formula is C19H20ClN3O2S. The summed E-state index contributed by atoms with van der Waals surface area (Å²) in [5.41, 5.74) is 2.13. The summed E-state index contributed by atoms with van der Waals surface area (Å²) in [5, 5.41) is 10.4. The van der Waals surface area contributed by atoms with Gasteiger partial charge in [0.2, 0.25) is 0 Å². The van der Waals surface area contributed by atoms with E-state index in [1.807, 2.05) is 42.5 Å². The molecule has 0 spiro atoms. The van der Waals surface area contributed by atoms with Gasteiger partial charge in [0, 0.05) is 22.9 Å². The van der Waals surface area contributed by atoms with Crippen molar-refractivity contribution in [2.75, 3.05) is 14.2 Å². The van der Waals surface area contributed by atoms with Crippen LogP contribution in [0.3, 0.4) is 0 Å². The standard InChI is InChI=1S/C19H20ClN3O2S/c1-4-23-18(14-7-10-16(24-2)17(11-14)25-3)21-22-19(23)26-12-13-5-8-15(20)9-6-13/h5-11H,4,12H2,1-3H3. The van der Waals surface area contributed by atoms with Crippen LogP contribution in [0.2, 0.25) is 5.02 Å². The van der Waals surface area contributed by atoms with Gasteiger partial charge in [-0.2, -0.15) is 0 Å². The van der Waals surface area contributed by atoms with E-state index in [1.54, 1.807) is 26.0 Å². The van der Waals surface area contributed by atoms with Crippen LogP contribution in [0.15, 0.2) is 47.6 Å². The van der Waals surface area contributed by atoms with E-state index >= 15 is 0 Å². The van der Waals surface area contributed by atoms with Crippen molar-refractivity contribution >= 4 is 23.4 Å². The minimum Gasteiger partial charge on any atom is -0.493 e. The number of hydrogen-bond donors (Lipinski definition) is 0. The molecule has 0 radical (unpaired) electrons. The van der Waals surface area contributed by atoms with Crippen molar-refractivity contribution in [3.8, 4) is 22.9 Å². The van der Waals surface area contributed by atoms with Gasteiger partial charge in [-0.1, -0.05) is 35.5 Å². The lowest BCUT2D eigenvalue weighted by molar-refractivity contribution is 0.355. The van der Waals surface area contributed by atoms with Crippen LogP contribution in [0.4, 0.5) is 0 Å². The maximum Gasteiger partial charge on any atom is 0.191 e. The number of methoxy groups -OCH3 is 2. The first-order chi connectivity index (χ1) is 12.7. The molecular weight excluding hydrogens is 370 g/mol. The molecule has 0 bridgehead atoms. The summed E-state index contributed by atoms with van der Waals surface area (Å²) in [6.45, 7) is 2.86. The molecule has 0 fully saturated rings. The summed E-state index contributed by atoms with van der Waals surface area (Å²) in [6.07, 6.45) is 0. The van der Waals surface area contributed by atoms with Gasteiger partial charge in [-0.3, -0.25) is 0 Å². The Bertz CT molecular complexity index is 881. The molecule has 136 valence electrons. The van der Waals surface area contributed by atoms with Gasteiger partial charge < -0.3 is 14.0 Å². The number of hydrogen-bond acceptors (Lipinski definition) is 5. The smallest absolute Gasteiger partial charge is 0.191 e. The minimum atomic E-state index is 0.672. The van der Waals surface area contributed by atoms with Crippen molar-refractivity contribution in [3.63, 3.8) is 0 Å². The summed E-state index contributed by atoms with van der Waals surface area (Å²) in [6, 6.07) is 13.6. The van der Waals surface area contributed by atoms with Gasteiger partial charge in [-0.15, -0.1) is 10.2 Å². The molecule has 1 heterocycles. The van der Waals surface area contributed by atoms with Gasteiger partial charge in [0.1, 0.15) is 0 Å². The largest absolute Gasteiger partial charge is 0.493 e. The SMILES string of the molecule is CCn1c(SCc2ccc(Cl)cc2)nnc1-c1ccc(OC)c(OC)c1. The number of halogens is 1. The second-order valence-electron chi connectivity index (χ2n) is 5.54. The van der Waals surface area contributed by atoms with Crippen molar-refractivity contribution in [2.24, 2.45) is 0 Å². The molecule has 5 nitrogen and oxygen atoms in total. The highest BCUT2D eigenvalue weighted by Gasteiger charge is 2.15. The molecule has 3 rings (SSSR count). The maximum absolute atomic E-state index is 5.94. The Morgan fingerprint density at radius 3 is 2.38 bits per heavy atom. The van der Waals surface area contributed by atoms with Crippen LogP contribution < -0.4 is 9.47 Å². The van der Waals surface area contributed by atoms with Crippen LogP contribution in [0.5, 0.6) is 11.5 Å². The summed E-state index contributed by atoms with van der Waals surface area (Å²) in [4.78, 5) is 0. The third kappa shape index (κ3) is 3.97. The quantitative estimate of drug-likeness (QED) is 0.536. The van der Waals surface area contributed by atoms with E-state index < -0.39 is 0 Å². The predicted molar refractivity (Wildman–Crippen MR) is 105 cm³/mol. The molecule has 0 aliphatic rings. The normalized spacial score (nSPS) is 10.8. The number of ether oxygens (including phenoxy) is 2. The zero-order valence-corrected chi connectivity index (χ0v) is 16.5. The zero-order chi connectivity index (χ0) is 18.5. The highest BCUT2D eigenvalue weighted by atomic mass is 35.5. The van der Waals surface area contributed by atoms with Gasteiger partial charge in [0.25, 0.3) is 0 Å². The Morgan fingerprint density at radius 2 is 1.73 bits per heavy atom. The molecule has 0 unspecified atom stereocenters. The zero-order valence-electron chi connectivity index (χ0n) is 14.9. The highest BCUT2D eigenvalue weighted by molar-refractivity contribution is 7.98. The van der Waals surface area contributed by atoms with E-state index in [0.717, 1.165) is 33.9 Å². The molecule has 0 saturated heterocycles. The third-order valence-electron chi connectivity index (χ3n) is 3.96.